The number of ether oxygens (including phenoxy) is 1. The fourth-order valence-corrected chi connectivity index (χ4v) is 3.35. The molecule has 0 spiro atoms. The van der Waals surface area contributed by atoms with Gasteiger partial charge >= 0.3 is 11.9 Å². The number of nitrogens with one attached hydrogen (secondary N) is 1. The van der Waals surface area contributed by atoms with E-state index < -0.39 is 11.9 Å². The van der Waals surface area contributed by atoms with E-state index in [1.165, 1.54) is 25.0 Å². The van der Waals surface area contributed by atoms with Crippen molar-refractivity contribution in [1.29, 1.82) is 0 Å². The highest BCUT2D eigenvalue weighted by Crippen LogP contribution is 2.30. The van der Waals surface area contributed by atoms with Crippen molar-refractivity contribution in [2.45, 2.75) is 32.6 Å². The predicted octanol–water partition coefficient (Wildman–Crippen LogP) is 6.45. The number of aromatic carboxylic acids is 2. The van der Waals surface area contributed by atoms with Crippen molar-refractivity contribution in [2.24, 2.45) is 0 Å². The fourth-order valence-electron chi connectivity index (χ4n) is 3.35. The first-order valence-electron chi connectivity index (χ1n) is 10.7. The third-order valence-electron chi connectivity index (χ3n) is 5.07. The summed E-state index contributed by atoms with van der Waals surface area (Å²) >= 11 is 0. The van der Waals surface area contributed by atoms with Gasteiger partial charge in [-0.1, -0.05) is 50.5 Å². The first-order valence-corrected chi connectivity index (χ1v) is 10.7. The molecule has 3 rings (SSSR count). The second kappa shape index (κ2) is 11.0. The van der Waals surface area contributed by atoms with Crippen LogP contribution in [-0.2, 0) is 0 Å². The standard InChI is InChI=1S/C26H27NO5/c1-2-3-4-7-14-32-24-9-6-5-8-23(24)27-22-12-10-18(11-13-22)19-15-20(25(28)29)17-21(16-19)26(30)31/h5-6,8-13,15-17,27H,2-4,7,14H2,1H3,(H,28,29)(H,30,31). The molecule has 0 radical (unpaired) electrons. The van der Waals surface area contributed by atoms with Gasteiger partial charge in [0.1, 0.15) is 5.75 Å². The van der Waals surface area contributed by atoms with Gasteiger partial charge in [0.15, 0.2) is 0 Å². The summed E-state index contributed by atoms with van der Waals surface area (Å²) in [6, 6.07) is 19.2. The van der Waals surface area contributed by atoms with Crippen molar-refractivity contribution in [2.75, 3.05) is 11.9 Å². The van der Waals surface area contributed by atoms with Gasteiger partial charge in [0.05, 0.1) is 23.4 Å². The van der Waals surface area contributed by atoms with Gasteiger partial charge in [-0.2, -0.15) is 0 Å². The van der Waals surface area contributed by atoms with Gasteiger partial charge in [0.25, 0.3) is 0 Å². The molecule has 0 unspecified atom stereocenters. The summed E-state index contributed by atoms with van der Waals surface area (Å²) in [5.74, 6) is -1.55. The third-order valence-corrected chi connectivity index (χ3v) is 5.07. The molecule has 0 saturated heterocycles. The smallest absolute Gasteiger partial charge is 0.335 e. The molecule has 0 atom stereocenters. The highest BCUT2D eigenvalue weighted by Gasteiger charge is 2.12. The zero-order chi connectivity index (χ0) is 22.9. The van der Waals surface area contributed by atoms with Crippen LogP contribution in [-0.4, -0.2) is 28.8 Å². The molecule has 0 aromatic heterocycles. The molecule has 6 heteroatoms. The van der Waals surface area contributed by atoms with Crippen molar-refractivity contribution in [3.05, 3.63) is 77.9 Å². The number of anilines is 2. The van der Waals surface area contributed by atoms with E-state index in [1.54, 1.807) is 0 Å². The Balaban J connectivity index is 1.75. The first-order chi connectivity index (χ1) is 15.5. The normalized spacial score (nSPS) is 10.5. The van der Waals surface area contributed by atoms with Crippen LogP contribution in [0.25, 0.3) is 11.1 Å². The molecule has 32 heavy (non-hydrogen) atoms. The number of benzene rings is 3. The lowest BCUT2D eigenvalue weighted by atomic mass is 9.99. The molecule has 6 nitrogen and oxygen atoms in total. The predicted molar refractivity (Wildman–Crippen MR) is 125 cm³/mol. The molecule has 0 fully saturated rings. The van der Waals surface area contributed by atoms with Crippen molar-refractivity contribution in [3.8, 4) is 16.9 Å². The maximum absolute atomic E-state index is 11.4. The minimum atomic E-state index is -1.17. The Hall–Kier alpha value is -3.80. The van der Waals surface area contributed by atoms with Crippen molar-refractivity contribution in [1.82, 2.24) is 0 Å². The van der Waals surface area contributed by atoms with Crippen molar-refractivity contribution in [3.63, 3.8) is 0 Å². The van der Waals surface area contributed by atoms with Crippen LogP contribution in [0.15, 0.2) is 66.7 Å². The van der Waals surface area contributed by atoms with Crippen LogP contribution in [0, 0.1) is 0 Å². The Morgan fingerprint density at radius 1 is 0.812 bits per heavy atom. The summed E-state index contributed by atoms with van der Waals surface area (Å²) in [7, 11) is 0. The van der Waals surface area contributed by atoms with E-state index in [2.05, 4.69) is 12.2 Å². The van der Waals surface area contributed by atoms with Gasteiger partial charge in [-0.25, -0.2) is 9.59 Å². The summed E-state index contributed by atoms with van der Waals surface area (Å²) in [5, 5.41) is 21.9. The van der Waals surface area contributed by atoms with Gasteiger partial charge in [-0.15, -0.1) is 0 Å². The molecule has 0 bridgehead atoms. The summed E-state index contributed by atoms with van der Waals surface area (Å²) in [6.45, 7) is 2.85. The Kier molecular flexibility index (Phi) is 7.86. The average Bonchev–Trinajstić information content (AvgIpc) is 2.80. The lowest BCUT2D eigenvalue weighted by Gasteiger charge is -2.14. The Bertz CT molecular complexity index is 1040. The topological polar surface area (TPSA) is 95.9 Å². The van der Waals surface area contributed by atoms with Crippen LogP contribution in [0.1, 0.15) is 53.3 Å². The monoisotopic (exact) mass is 433 g/mol. The average molecular weight is 434 g/mol. The van der Waals surface area contributed by atoms with Gasteiger partial charge < -0.3 is 20.3 Å². The van der Waals surface area contributed by atoms with Gasteiger partial charge in [-0.05, 0) is 60.0 Å². The third kappa shape index (κ3) is 6.11. The van der Waals surface area contributed by atoms with E-state index in [4.69, 9.17) is 4.74 Å². The Morgan fingerprint density at radius 3 is 2.09 bits per heavy atom. The van der Waals surface area contributed by atoms with Gasteiger partial charge in [-0.3, -0.25) is 0 Å². The van der Waals surface area contributed by atoms with Crippen LogP contribution in [0.5, 0.6) is 5.75 Å². The van der Waals surface area contributed by atoms with Crippen LogP contribution < -0.4 is 10.1 Å². The molecule has 166 valence electrons. The summed E-state index contributed by atoms with van der Waals surface area (Å²) in [6.07, 6.45) is 4.57. The van der Waals surface area contributed by atoms with Crippen molar-refractivity contribution >= 4 is 23.3 Å². The maximum Gasteiger partial charge on any atom is 0.335 e. The van der Waals surface area contributed by atoms with Crippen LogP contribution in [0.2, 0.25) is 0 Å². The molecule has 0 aliphatic heterocycles. The minimum Gasteiger partial charge on any atom is -0.491 e. The lowest BCUT2D eigenvalue weighted by Crippen LogP contribution is -2.03. The number of carboxylic acids is 2. The molecule has 3 N–H and O–H groups in total. The highest BCUT2D eigenvalue weighted by molar-refractivity contribution is 5.96. The van der Waals surface area contributed by atoms with Crippen LogP contribution in [0.4, 0.5) is 11.4 Å². The van der Waals surface area contributed by atoms with Crippen LogP contribution in [0.3, 0.4) is 0 Å². The second-order valence-electron chi connectivity index (χ2n) is 7.52. The zero-order valence-corrected chi connectivity index (χ0v) is 18.0. The van der Waals surface area contributed by atoms with Crippen LogP contribution >= 0.6 is 0 Å². The molecular formula is C26H27NO5. The van der Waals surface area contributed by atoms with E-state index in [9.17, 15) is 19.8 Å². The molecule has 3 aromatic rings. The number of hydrogen-bond acceptors (Lipinski definition) is 4. The summed E-state index contributed by atoms with van der Waals surface area (Å²) < 4.78 is 5.95. The fraction of sp³-hybridized carbons (Fsp3) is 0.231. The van der Waals surface area contributed by atoms with E-state index in [0.717, 1.165) is 41.6 Å². The lowest BCUT2D eigenvalue weighted by molar-refractivity contribution is 0.0696. The Morgan fingerprint density at radius 2 is 1.47 bits per heavy atom. The number of carbonyl (C=O) groups is 2. The number of unbranched alkanes of at least 4 members (excludes halogenated alkanes) is 3. The molecule has 3 aromatic carbocycles. The number of carboxylic acid groups (broad SMARTS) is 2. The van der Waals surface area contributed by atoms with E-state index in [0.29, 0.717) is 12.2 Å². The summed E-state index contributed by atoms with van der Waals surface area (Å²) in [5.41, 5.74) is 2.82. The molecule has 0 amide bonds. The maximum atomic E-state index is 11.4. The van der Waals surface area contributed by atoms with E-state index in [-0.39, 0.29) is 11.1 Å². The molecular weight excluding hydrogens is 406 g/mol. The minimum absolute atomic E-state index is 0.0629. The van der Waals surface area contributed by atoms with Gasteiger partial charge in [0.2, 0.25) is 0 Å². The molecule has 0 saturated carbocycles. The number of rotatable bonds is 11. The SMILES string of the molecule is CCCCCCOc1ccccc1Nc1ccc(-c2cc(C(=O)O)cc(C(=O)O)c2)cc1. The zero-order valence-electron chi connectivity index (χ0n) is 18.0. The molecule has 0 aliphatic carbocycles. The van der Waals surface area contributed by atoms with E-state index >= 15 is 0 Å². The number of hydrogen-bond donors (Lipinski definition) is 3. The van der Waals surface area contributed by atoms with Gasteiger partial charge in [0, 0.05) is 5.69 Å². The first kappa shape index (κ1) is 22.9. The second-order valence-corrected chi connectivity index (χ2v) is 7.52. The molecule has 0 heterocycles. The highest BCUT2D eigenvalue weighted by atomic mass is 16.5. The van der Waals surface area contributed by atoms with E-state index in [1.807, 2.05) is 48.5 Å². The number of para-hydroxylation sites is 2. The largest absolute Gasteiger partial charge is 0.491 e. The summed E-state index contributed by atoms with van der Waals surface area (Å²) in [4.78, 5) is 22.7. The Labute approximate surface area is 187 Å². The quantitative estimate of drug-likeness (QED) is 0.301. The van der Waals surface area contributed by atoms with Crippen molar-refractivity contribution < 1.29 is 24.5 Å². The molecule has 0 aliphatic rings.